The molecule has 3 atom stereocenters. The Labute approximate surface area is 141 Å². The van der Waals surface area contributed by atoms with Gasteiger partial charge in [0.25, 0.3) is 0 Å². The van der Waals surface area contributed by atoms with Gasteiger partial charge >= 0.3 is 5.97 Å². The van der Waals surface area contributed by atoms with E-state index >= 15 is 0 Å². The number of amides is 2. The SMILES string of the molecule is CC(=O)NC(CC(=O)N1CCC(C)CC1C(=O)O)c1ccccc1. The number of carbonyl (C=O) groups is 3. The fourth-order valence-corrected chi connectivity index (χ4v) is 3.15. The van der Waals surface area contributed by atoms with Crippen molar-refractivity contribution in [3.8, 4) is 0 Å². The number of piperidine rings is 1. The van der Waals surface area contributed by atoms with Crippen molar-refractivity contribution in [1.29, 1.82) is 0 Å². The third kappa shape index (κ3) is 4.57. The normalized spacial score (nSPS) is 21.8. The van der Waals surface area contributed by atoms with Gasteiger partial charge in [-0.05, 0) is 24.3 Å². The summed E-state index contributed by atoms with van der Waals surface area (Å²) in [5.74, 6) is -1.14. The van der Waals surface area contributed by atoms with Gasteiger partial charge in [-0.15, -0.1) is 0 Å². The van der Waals surface area contributed by atoms with Gasteiger partial charge in [-0.2, -0.15) is 0 Å². The summed E-state index contributed by atoms with van der Waals surface area (Å²) in [4.78, 5) is 37.1. The summed E-state index contributed by atoms with van der Waals surface area (Å²) < 4.78 is 0. The van der Waals surface area contributed by atoms with Crippen LogP contribution in [0.5, 0.6) is 0 Å². The highest BCUT2D eigenvalue weighted by Gasteiger charge is 2.35. The maximum absolute atomic E-state index is 12.7. The van der Waals surface area contributed by atoms with E-state index in [0.717, 1.165) is 12.0 Å². The lowest BCUT2D eigenvalue weighted by Gasteiger charge is -2.36. The Morgan fingerprint density at radius 3 is 2.54 bits per heavy atom. The average Bonchev–Trinajstić information content (AvgIpc) is 2.54. The number of carbonyl (C=O) groups excluding carboxylic acids is 2. The second kappa shape index (κ2) is 7.95. The van der Waals surface area contributed by atoms with Crippen LogP contribution in [0.1, 0.15) is 44.7 Å². The Morgan fingerprint density at radius 1 is 1.29 bits per heavy atom. The second-order valence-electron chi connectivity index (χ2n) is 6.44. The molecule has 0 bridgehead atoms. The Kier molecular flexibility index (Phi) is 5.95. The van der Waals surface area contributed by atoms with E-state index in [1.165, 1.54) is 11.8 Å². The summed E-state index contributed by atoms with van der Waals surface area (Å²) in [6, 6.07) is 8.01. The lowest BCUT2D eigenvalue weighted by Crippen LogP contribution is -2.50. The largest absolute Gasteiger partial charge is 0.480 e. The van der Waals surface area contributed by atoms with E-state index in [2.05, 4.69) is 5.32 Å². The molecule has 0 radical (unpaired) electrons. The fraction of sp³-hybridized carbons (Fsp3) is 0.500. The Balaban J connectivity index is 2.14. The summed E-state index contributed by atoms with van der Waals surface area (Å²) >= 11 is 0. The minimum absolute atomic E-state index is 0.0573. The summed E-state index contributed by atoms with van der Waals surface area (Å²) in [6.07, 6.45) is 1.32. The predicted molar refractivity (Wildman–Crippen MR) is 89.2 cm³/mol. The zero-order valence-corrected chi connectivity index (χ0v) is 14.1. The molecule has 1 heterocycles. The van der Waals surface area contributed by atoms with Gasteiger partial charge < -0.3 is 15.3 Å². The van der Waals surface area contributed by atoms with Crippen LogP contribution in [-0.2, 0) is 14.4 Å². The van der Waals surface area contributed by atoms with Gasteiger partial charge in [0, 0.05) is 13.5 Å². The lowest BCUT2D eigenvalue weighted by atomic mass is 9.91. The van der Waals surface area contributed by atoms with E-state index in [9.17, 15) is 19.5 Å². The highest BCUT2D eigenvalue weighted by molar-refractivity contribution is 5.85. The van der Waals surface area contributed by atoms with E-state index in [1.54, 1.807) is 0 Å². The molecule has 2 amide bonds. The van der Waals surface area contributed by atoms with Crippen molar-refractivity contribution in [2.75, 3.05) is 6.54 Å². The molecule has 6 nitrogen and oxygen atoms in total. The van der Waals surface area contributed by atoms with E-state index in [0.29, 0.717) is 13.0 Å². The Morgan fingerprint density at radius 2 is 1.96 bits per heavy atom. The number of nitrogens with one attached hydrogen (secondary N) is 1. The fourth-order valence-electron chi connectivity index (χ4n) is 3.15. The minimum atomic E-state index is -0.967. The molecule has 0 saturated carbocycles. The Hall–Kier alpha value is -2.37. The number of hydrogen-bond donors (Lipinski definition) is 2. The van der Waals surface area contributed by atoms with E-state index in [4.69, 9.17) is 0 Å². The first-order valence-electron chi connectivity index (χ1n) is 8.22. The topological polar surface area (TPSA) is 86.7 Å². The standard InChI is InChI=1S/C18H24N2O4/c1-12-8-9-20(16(10-12)18(23)24)17(22)11-15(19-13(2)21)14-6-4-3-5-7-14/h3-7,12,15-16H,8-11H2,1-2H3,(H,19,21)(H,23,24). The number of nitrogens with zero attached hydrogens (tertiary/aromatic N) is 1. The number of carboxylic acids is 1. The van der Waals surface area contributed by atoms with Gasteiger partial charge in [-0.1, -0.05) is 37.3 Å². The summed E-state index contributed by atoms with van der Waals surface area (Å²) in [5.41, 5.74) is 0.832. The average molecular weight is 332 g/mol. The van der Waals surface area contributed by atoms with Crippen LogP contribution in [0.2, 0.25) is 0 Å². The number of hydrogen-bond acceptors (Lipinski definition) is 3. The number of rotatable bonds is 5. The van der Waals surface area contributed by atoms with Crippen molar-refractivity contribution in [1.82, 2.24) is 10.2 Å². The third-order valence-corrected chi connectivity index (χ3v) is 4.43. The summed E-state index contributed by atoms with van der Waals surface area (Å²) in [6.45, 7) is 3.85. The molecule has 1 fully saturated rings. The van der Waals surface area contributed by atoms with Gasteiger partial charge in [0.1, 0.15) is 6.04 Å². The monoisotopic (exact) mass is 332 g/mol. The van der Waals surface area contributed by atoms with Crippen molar-refractivity contribution < 1.29 is 19.5 Å². The first-order valence-corrected chi connectivity index (χ1v) is 8.22. The minimum Gasteiger partial charge on any atom is -0.480 e. The van der Waals surface area contributed by atoms with Crippen molar-refractivity contribution in [2.45, 2.75) is 45.2 Å². The number of likely N-dealkylation sites (tertiary alicyclic amines) is 1. The van der Waals surface area contributed by atoms with E-state index in [1.807, 2.05) is 37.3 Å². The molecule has 3 unspecified atom stereocenters. The number of aliphatic carboxylic acids is 1. The van der Waals surface area contributed by atoms with Crippen LogP contribution < -0.4 is 5.32 Å². The molecule has 0 aromatic heterocycles. The van der Waals surface area contributed by atoms with Crippen molar-refractivity contribution >= 4 is 17.8 Å². The molecular formula is C18H24N2O4. The molecule has 2 rings (SSSR count). The maximum Gasteiger partial charge on any atom is 0.326 e. The predicted octanol–water partition coefficient (Wildman–Crippen LogP) is 1.97. The van der Waals surface area contributed by atoms with Gasteiger partial charge in [0.2, 0.25) is 11.8 Å². The van der Waals surface area contributed by atoms with Gasteiger partial charge in [0.05, 0.1) is 12.5 Å². The smallest absolute Gasteiger partial charge is 0.326 e. The molecule has 1 aromatic rings. The van der Waals surface area contributed by atoms with E-state index < -0.39 is 18.1 Å². The van der Waals surface area contributed by atoms with Crippen LogP contribution in [0.25, 0.3) is 0 Å². The van der Waals surface area contributed by atoms with Crippen LogP contribution in [0, 0.1) is 5.92 Å². The van der Waals surface area contributed by atoms with Gasteiger partial charge in [0.15, 0.2) is 0 Å². The van der Waals surface area contributed by atoms with E-state index in [-0.39, 0.29) is 24.2 Å². The highest BCUT2D eigenvalue weighted by Crippen LogP contribution is 2.25. The molecule has 0 spiro atoms. The molecule has 2 N–H and O–H groups in total. The molecule has 1 aromatic carbocycles. The van der Waals surface area contributed by atoms with Crippen LogP contribution in [0.4, 0.5) is 0 Å². The molecule has 0 aliphatic carbocycles. The van der Waals surface area contributed by atoms with Crippen LogP contribution in [0.15, 0.2) is 30.3 Å². The molecule has 6 heteroatoms. The molecule has 24 heavy (non-hydrogen) atoms. The second-order valence-corrected chi connectivity index (χ2v) is 6.44. The number of carboxylic acid groups (broad SMARTS) is 1. The lowest BCUT2D eigenvalue weighted by molar-refractivity contribution is -0.153. The van der Waals surface area contributed by atoms with Crippen LogP contribution in [0.3, 0.4) is 0 Å². The third-order valence-electron chi connectivity index (χ3n) is 4.43. The first kappa shape index (κ1) is 18.0. The van der Waals surface area contributed by atoms with Crippen molar-refractivity contribution in [2.24, 2.45) is 5.92 Å². The molecular weight excluding hydrogens is 308 g/mol. The molecule has 1 saturated heterocycles. The summed E-state index contributed by atoms with van der Waals surface area (Å²) in [5, 5.41) is 12.2. The zero-order chi connectivity index (χ0) is 17.7. The Bertz CT molecular complexity index is 602. The maximum atomic E-state index is 12.7. The van der Waals surface area contributed by atoms with Crippen LogP contribution in [-0.4, -0.2) is 40.4 Å². The molecule has 1 aliphatic rings. The zero-order valence-electron chi connectivity index (χ0n) is 14.1. The first-order chi connectivity index (χ1) is 11.4. The van der Waals surface area contributed by atoms with Crippen molar-refractivity contribution in [3.05, 3.63) is 35.9 Å². The van der Waals surface area contributed by atoms with Gasteiger partial charge in [-0.3, -0.25) is 9.59 Å². The molecule has 1 aliphatic heterocycles. The quantitative estimate of drug-likeness (QED) is 0.863. The van der Waals surface area contributed by atoms with Crippen LogP contribution >= 0.6 is 0 Å². The summed E-state index contributed by atoms with van der Waals surface area (Å²) in [7, 11) is 0. The van der Waals surface area contributed by atoms with Gasteiger partial charge in [-0.25, -0.2) is 4.79 Å². The molecule has 130 valence electrons. The number of benzene rings is 1. The highest BCUT2D eigenvalue weighted by atomic mass is 16.4. The van der Waals surface area contributed by atoms with Crippen molar-refractivity contribution in [3.63, 3.8) is 0 Å².